The lowest BCUT2D eigenvalue weighted by Crippen LogP contribution is -2.42. The highest BCUT2D eigenvalue weighted by molar-refractivity contribution is 8.00. The van der Waals surface area contributed by atoms with Crippen molar-refractivity contribution in [1.82, 2.24) is 5.32 Å². The van der Waals surface area contributed by atoms with E-state index in [1.54, 1.807) is 0 Å². The molecule has 3 heteroatoms. The molecule has 0 spiro atoms. The molecule has 1 nitrogen and oxygen atoms in total. The summed E-state index contributed by atoms with van der Waals surface area (Å²) >= 11 is 4.30. The quantitative estimate of drug-likeness (QED) is 0.724. The molecule has 2 saturated heterocycles. The van der Waals surface area contributed by atoms with Gasteiger partial charge < -0.3 is 5.32 Å². The monoisotopic (exact) mass is 217 g/mol. The Hall–Kier alpha value is 0.660. The van der Waals surface area contributed by atoms with Gasteiger partial charge >= 0.3 is 0 Å². The van der Waals surface area contributed by atoms with E-state index in [1.807, 2.05) is 0 Å². The topological polar surface area (TPSA) is 12.0 Å². The molecule has 0 radical (unpaired) electrons. The van der Waals surface area contributed by atoms with Gasteiger partial charge in [-0.25, -0.2) is 0 Å². The fourth-order valence-corrected chi connectivity index (χ4v) is 4.70. The molecule has 0 aromatic carbocycles. The normalized spacial score (nSPS) is 41.8. The summed E-state index contributed by atoms with van der Waals surface area (Å²) in [6.07, 6.45) is 2.88. The van der Waals surface area contributed by atoms with Crippen LogP contribution in [0.25, 0.3) is 0 Å². The summed E-state index contributed by atoms with van der Waals surface area (Å²) in [6.45, 7) is 3.57. The van der Waals surface area contributed by atoms with Crippen LogP contribution >= 0.6 is 23.5 Å². The van der Waals surface area contributed by atoms with E-state index < -0.39 is 0 Å². The van der Waals surface area contributed by atoms with Gasteiger partial charge in [0, 0.05) is 0 Å². The van der Waals surface area contributed by atoms with Gasteiger partial charge in [0.05, 0.1) is 5.37 Å². The van der Waals surface area contributed by atoms with E-state index in [9.17, 15) is 0 Å². The first-order chi connectivity index (χ1) is 6.36. The Bertz CT molecular complexity index is 149. The van der Waals surface area contributed by atoms with Crippen molar-refractivity contribution in [3.63, 3.8) is 0 Å². The molecule has 13 heavy (non-hydrogen) atoms. The summed E-state index contributed by atoms with van der Waals surface area (Å²) in [7, 11) is 0. The SMILES string of the molecule is CC1CNC(C2CCCSC2)SC1. The lowest BCUT2D eigenvalue weighted by atomic mass is 10.0. The summed E-state index contributed by atoms with van der Waals surface area (Å²) in [6, 6.07) is 0. The van der Waals surface area contributed by atoms with Crippen LogP contribution in [0.1, 0.15) is 19.8 Å². The van der Waals surface area contributed by atoms with Crippen LogP contribution in [-0.4, -0.2) is 29.2 Å². The highest BCUT2D eigenvalue weighted by Crippen LogP contribution is 2.32. The molecule has 0 bridgehead atoms. The number of hydrogen-bond donors (Lipinski definition) is 1. The van der Waals surface area contributed by atoms with Crippen LogP contribution in [0, 0.1) is 11.8 Å². The van der Waals surface area contributed by atoms with Crippen LogP contribution in [0.3, 0.4) is 0 Å². The summed E-state index contributed by atoms with van der Waals surface area (Å²) in [5.74, 6) is 5.95. The zero-order valence-electron chi connectivity index (χ0n) is 8.29. The second kappa shape index (κ2) is 4.94. The average molecular weight is 217 g/mol. The standard InChI is InChI=1S/C10H19NS2/c1-8-5-11-10(13-6-8)9-3-2-4-12-7-9/h8-11H,2-7H2,1H3. The molecular weight excluding hydrogens is 198 g/mol. The Morgan fingerprint density at radius 3 is 2.85 bits per heavy atom. The van der Waals surface area contributed by atoms with Crippen molar-refractivity contribution in [3.8, 4) is 0 Å². The first-order valence-corrected chi connectivity index (χ1v) is 7.49. The largest absolute Gasteiger partial charge is 0.305 e. The number of hydrogen-bond acceptors (Lipinski definition) is 3. The van der Waals surface area contributed by atoms with E-state index in [4.69, 9.17) is 0 Å². The first-order valence-electron chi connectivity index (χ1n) is 5.29. The number of nitrogens with one attached hydrogen (secondary N) is 1. The number of thioether (sulfide) groups is 2. The minimum absolute atomic E-state index is 0.768. The van der Waals surface area contributed by atoms with Crippen LogP contribution in [0.5, 0.6) is 0 Å². The van der Waals surface area contributed by atoms with Crippen LogP contribution in [0.15, 0.2) is 0 Å². The molecule has 2 aliphatic heterocycles. The Kier molecular flexibility index (Phi) is 3.87. The third kappa shape index (κ3) is 2.80. The zero-order chi connectivity index (χ0) is 9.10. The Balaban J connectivity index is 1.79. The molecule has 0 aliphatic carbocycles. The van der Waals surface area contributed by atoms with E-state index in [2.05, 4.69) is 35.8 Å². The smallest absolute Gasteiger partial charge is 0.0568 e. The van der Waals surface area contributed by atoms with Gasteiger partial charge in [0.1, 0.15) is 0 Å². The maximum absolute atomic E-state index is 3.69. The molecule has 0 saturated carbocycles. The summed E-state index contributed by atoms with van der Waals surface area (Å²) < 4.78 is 0. The Labute approximate surface area is 89.8 Å². The van der Waals surface area contributed by atoms with E-state index in [0.29, 0.717) is 0 Å². The van der Waals surface area contributed by atoms with Crippen molar-refractivity contribution in [3.05, 3.63) is 0 Å². The summed E-state index contributed by atoms with van der Waals surface area (Å²) in [5, 5.41) is 4.46. The van der Waals surface area contributed by atoms with E-state index in [0.717, 1.165) is 17.2 Å². The number of rotatable bonds is 1. The molecule has 0 aromatic heterocycles. The Morgan fingerprint density at radius 2 is 2.23 bits per heavy atom. The lowest BCUT2D eigenvalue weighted by Gasteiger charge is -2.35. The summed E-state index contributed by atoms with van der Waals surface area (Å²) in [4.78, 5) is 0. The van der Waals surface area contributed by atoms with Crippen molar-refractivity contribution in [2.45, 2.75) is 25.1 Å². The molecule has 76 valence electrons. The fourth-order valence-electron chi connectivity index (χ4n) is 2.01. The molecule has 2 rings (SSSR count). The molecular formula is C10H19NS2. The highest BCUT2D eigenvalue weighted by Gasteiger charge is 2.27. The minimum atomic E-state index is 0.768. The van der Waals surface area contributed by atoms with Crippen molar-refractivity contribution in [2.75, 3.05) is 23.8 Å². The third-order valence-electron chi connectivity index (χ3n) is 2.85. The van der Waals surface area contributed by atoms with Gasteiger partial charge in [-0.1, -0.05) is 6.92 Å². The first kappa shape index (κ1) is 10.2. The van der Waals surface area contributed by atoms with Crippen molar-refractivity contribution in [2.24, 2.45) is 11.8 Å². The van der Waals surface area contributed by atoms with Gasteiger partial charge in [0.25, 0.3) is 0 Å². The highest BCUT2D eigenvalue weighted by atomic mass is 32.2. The van der Waals surface area contributed by atoms with Gasteiger partial charge in [0.15, 0.2) is 0 Å². The fraction of sp³-hybridized carbons (Fsp3) is 1.00. The molecule has 0 aromatic rings. The van der Waals surface area contributed by atoms with Crippen LogP contribution in [-0.2, 0) is 0 Å². The average Bonchev–Trinajstić information content (AvgIpc) is 2.20. The predicted molar refractivity (Wildman–Crippen MR) is 63.5 cm³/mol. The lowest BCUT2D eigenvalue weighted by molar-refractivity contribution is 0.410. The van der Waals surface area contributed by atoms with E-state index in [-0.39, 0.29) is 0 Å². The molecule has 0 amide bonds. The molecule has 1 N–H and O–H groups in total. The van der Waals surface area contributed by atoms with Crippen LogP contribution < -0.4 is 5.32 Å². The van der Waals surface area contributed by atoms with Crippen LogP contribution in [0.4, 0.5) is 0 Å². The summed E-state index contributed by atoms with van der Waals surface area (Å²) in [5.41, 5.74) is 0. The van der Waals surface area contributed by atoms with E-state index in [1.165, 1.54) is 36.6 Å². The second-order valence-electron chi connectivity index (χ2n) is 4.24. The molecule has 2 heterocycles. The molecule has 2 aliphatic rings. The zero-order valence-corrected chi connectivity index (χ0v) is 9.92. The van der Waals surface area contributed by atoms with Gasteiger partial charge in [-0.05, 0) is 48.5 Å². The van der Waals surface area contributed by atoms with Crippen molar-refractivity contribution >= 4 is 23.5 Å². The van der Waals surface area contributed by atoms with Crippen LogP contribution in [0.2, 0.25) is 0 Å². The maximum Gasteiger partial charge on any atom is 0.0568 e. The van der Waals surface area contributed by atoms with Gasteiger partial charge in [-0.2, -0.15) is 11.8 Å². The second-order valence-corrected chi connectivity index (χ2v) is 6.57. The van der Waals surface area contributed by atoms with Crippen molar-refractivity contribution in [1.29, 1.82) is 0 Å². The van der Waals surface area contributed by atoms with Crippen molar-refractivity contribution < 1.29 is 0 Å². The molecule has 3 atom stereocenters. The maximum atomic E-state index is 3.69. The van der Waals surface area contributed by atoms with Gasteiger partial charge in [0.2, 0.25) is 0 Å². The predicted octanol–water partition coefficient (Wildman–Crippen LogP) is 2.43. The molecule has 3 unspecified atom stereocenters. The van der Waals surface area contributed by atoms with Gasteiger partial charge in [-0.3, -0.25) is 0 Å². The third-order valence-corrected chi connectivity index (χ3v) is 5.76. The van der Waals surface area contributed by atoms with Gasteiger partial charge in [-0.15, -0.1) is 11.8 Å². The molecule has 2 fully saturated rings. The minimum Gasteiger partial charge on any atom is -0.305 e. The Morgan fingerprint density at radius 1 is 1.31 bits per heavy atom. The van der Waals surface area contributed by atoms with E-state index >= 15 is 0 Å².